The number of hydrogen-bond donors (Lipinski definition) is 2. The van der Waals surface area contributed by atoms with E-state index in [2.05, 4.69) is 40.4 Å². The monoisotopic (exact) mass is 406 g/mol. The predicted molar refractivity (Wildman–Crippen MR) is 105 cm³/mol. The molecule has 2 aromatic rings. The first kappa shape index (κ1) is 18.4. The Morgan fingerprint density at radius 1 is 1.17 bits per heavy atom. The summed E-state index contributed by atoms with van der Waals surface area (Å²) in [4.78, 5) is 12.0. The predicted octanol–water partition coefficient (Wildman–Crippen LogP) is 4.46. The van der Waals surface area contributed by atoms with E-state index in [1.807, 2.05) is 48.5 Å². The van der Waals surface area contributed by atoms with Gasteiger partial charge in [0, 0.05) is 10.2 Å². The number of anilines is 1. The fourth-order valence-electron chi connectivity index (χ4n) is 2.09. The first-order valence-electron chi connectivity index (χ1n) is 7.54. The summed E-state index contributed by atoms with van der Waals surface area (Å²) in [6, 6.07) is 15.2. The molecule has 0 aromatic heterocycles. The molecule has 0 radical (unpaired) electrons. The van der Waals surface area contributed by atoms with Gasteiger partial charge in [-0.3, -0.25) is 10.1 Å². The van der Waals surface area contributed by atoms with Crippen molar-refractivity contribution in [2.45, 2.75) is 19.8 Å². The lowest BCUT2D eigenvalue weighted by atomic mass is 10.0. The molecule has 0 aliphatic rings. The Morgan fingerprint density at radius 3 is 2.50 bits per heavy atom. The van der Waals surface area contributed by atoms with E-state index in [9.17, 15) is 4.79 Å². The molecule has 0 bridgehead atoms. The van der Waals surface area contributed by atoms with Gasteiger partial charge in [0.05, 0.1) is 0 Å². The molecular formula is C18H19BrN2O2S. The zero-order chi connectivity index (χ0) is 17.5. The van der Waals surface area contributed by atoms with Gasteiger partial charge in [-0.05, 0) is 54.0 Å². The van der Waals surface area contributed by atoms with Crippen molar-refractivity contribution in [1.82, 2.24) is 5.32 Å². The summed E-state index contributed by atoms with van der Waals surface area (Å²) in [7, 11) is 0. The molecule has 0 aliphatic heterocycles. The summed E-state index contributed by atoms with van der Waals surface area (Å²) in [5, 5.41) is 5.80. The van der Waals surface area contributed by atoms with Crippen molar-refractivity contribution >= 4 is 44.9 Å². The largest absolute Gasteiger partial charge is 0.483 e. The highest BCUT2D eigenvalue weighted by atomic mass is 79.9. The van der Waals surface area contributed by atoms with Gasteiger partial charge in [0.2, 0.25) is 0 Å². The van der Waals surface area contributed by atoms with Crippen molar-refractivity contribution in [3.8, 4) is 5.75 Å². The first-order chi connectivity index (χ1) is 11.5. The van der Waals surface area contributed by atoms with Crippen LogP contribution in [0.2, 0.25) is 0 Å². The standard InChI is InChI=1S/C18H19BrN2O2S/c1-12(2)15-5-3-4-6-16(15)23-11-17(22)21-18(24)20-14-9-7-13(19)8-10-14/h3-10,12H,11H2,1-2H3,(H2,20,21,22,24). The Bertz CT molecular complexity index is 717. The smallest absolute Gasteiger partial charge is 0.264 e. The van der Waals surface area contributed by atoms with E-state index in [0.29, 0.717) is 5.92 Å². The topological polar surface area (TPSA) is 50.4 Å². The molecular weight excluding hydrogens is 388 g/mol. The third-order valence-corrected chi connectivity index (χ3v) is 3.99. The van der Waals surface area contributed by atoms with Crippen LogP contribution in [0.4, 0.5) is 5.69 Å². The fraction of sp³-hybridized carbons (Fsp3) is 0.222. The Labute approximate surface area is 155 Å². The van der Waals surface area contributed by atoms with Gasteiger partial charge in [0.15, 0.2) is 11.7 Å². The number of carbonyl (C=O) groups excluding carboxylic acids is 1. The summed E-state index contributed by atoms with van der Waals surface area (Å²) in [6.07, 6.45) is 0. The number of para-hydroxylation sites is 1. The third kappa shape index (κ3) is 5.62. The second-order valence-electron chi connectivity index (χ2n) is 5.49. The number of ether oxygens (including phenoxy) is 1. The molecule has 0 unspecified atom stereocenters. The molecule has 6 heteroatoms. The zero-order valence-electron chi connectivity index (χ0n) is 13.5. The number of rotatable bonds is 5. The van der Waals surface area contributed by atoms with E-state index in [4.69, 9.17) is 17.0 Å². The highest BCUT2D eigenvalue weighted by Gasteiger charge is 2.10. The van der Waals surface area contributed by atoms with Crippen LogP contribution < -0.4 is 15.4 Å². The fourth-order valence-corrected chi connectivity index (χ4v) is 2.59. The normalized spacial score (nSPS) is 10.3. The molecule has 0 fully saturated rings. The Hall–Kier alpha value is -1.92. The molecule has 0 spiro atoms. The summed E-state index contributed by atoms with van der Waals surface area (Å²) >= 11 is 8.50. The molecule has 1 amide bonds. The van der Waals surface area contributed by atoms with Crippen LogP contribution in [-0.2, 0) is 4.79 Å². The van der Waals surface area contributed by atoms with Crippen molar-refractivity contribution in [2.24, 2.45) is 0 Å². The highest BCUT2D eigenvalue weighted by Crippen LogP contribution is 2.25. The second kappa shape index (κ2) is 8.80. The molecule has 0 aliphatic carbocycles. The lowest BCUT2D eigenvalue weighted by molar-refractivity contribution is -0.121. The Morgan fingerprint density at radius 2 is 1.83 bits per heavy atom. The van der Waals surface area contributed by atoms with E-state index < -0.39 is 0 Å². The lowest BCUT2D eigenvalue weighted by Crippen LogP contribution is -2.37. The molecule has 0 atom stereocenters. The maximum absolute atomic E-state index is 12.0. The van der Waals surface area contributed by atoms with Gasteiger partial charge in [-0.1, -0.05) is 48.0 Å². The highest BCUT2D eigenvalue weighted by molar-refractivity contribution is 9.10. The van der Waals surface area contributed by atoms with Gasteiger partial charge in [-0.15, -0.1) is 0 Å². The van der Waals surface area contributed by atoms with Crippen LogP contribution >= 0.6 is 28.1 Å². The van der Waals surface area contributed by atoms with Crippen LogP contribution in [0.3, 0.4) is 0 Å². The first-order valence-corrected chi connectivity index (χ1v) is 8.74. The van der Waals surface area contributed by atoms with Crippen LogP contribution in [0.1, 0.15) is 25.3 Å². The van der Waals surface area contributed by atoms with Gasteiger partial charge in [0.1, 0.15) is 5.75 Å². The van der Waals surface area contributed by atoms with Crippen molar-refractivity contribution in [3.63, 3.8) is 0 Å². The molecule has 2 rings (SSSR count). The van der Waals surface area contributed by atoms with Crippen LogP contribution in [0.15, 0.2) is 53.0 Å². The average molecular weight is 407 g/mol. The van der Waals surface area contributed by atoms with Gasteiger partial charge in [0.25, 0.3) is 5.91 Å². The second-order valence-corrected chi connectivity index (χ2v) is 6.81. The summed E-state index contributed by atoms with van der Waals surface area (Å²) < 4.78 is 6.59. The molecule has 126 valence electrons. The maximum atomic E-state index is 12.0. The van der Waals surface area contributed by atoms with Gasteiger partial charge >= 0.3 is 0 Å². The molecule has 2 N–H and O–H groups in total. The zero-order valence-corrected chi connectivity index (χ0v) is 15.9. The Balaban J connectivity index is 1.85. The van der Waals surface area contributed by atoms with Crippen molar-refractivity contribution < 1.29 is 9.53 Å². The molecule has 0 saturated carbocycles. The average Bonchev–Trinajstić information content (AvgIpc) is 2.55. The number of amides is 1. The number of nitrogens with one attached hydrogen (secondary N) is 2. The minimum atomic E-state index is -0.303. The third-order valence-electron chi connectivity index (χ3n) is 3.25. The van der Waals surface area contributed by atoms with Crippen LogP contribution in [0, 0.1) is 0 Å². The lowest BCUT2D eigenvalue weighted by Gasteiger charge is -2.14. The van der Waals surface area contributed by atoms with E-state index in [1.165, 1.54) is 0 Å². The van der Waals surface area contributed by atoms with Crippen LogP contribution in [-0.4, -0.2) is 17.6 Å². The Kier molecular flexibility index (Phi) is 6.75. The summed E-state index contributed by atoms with van der Waals surface area (Å²) in [5.74, 6) is 0.738. The number of carbonyl (C=O) groups is 1. The quantitative estimate of drug-likeness (QED) is 0.719. The number of benzene rings is 2. The van der Waals surface area contributed by atoms with E-state index >= 15 is 0 Å². The number of hydrogen-bond acceptors (Lipinski definition) is 3. The van der Waals surface area contributed by atoms with Crippen molar-refractivity contribution in [1.29, 1.82) is 0 Å². The van der Waals surface area contributed by atoms with E-state index in [0.717, 1.165) is 21.5 Å². The molecule has 0 saturated heterocycles. The summed E-state index contributed by atoms with van der Waals surface area (Å²) in [5.41, 5.74) is 1.87. The molecule has 0 heterocycles. The van der Waals surface area contributed by atoms with Gasteiger partial charge < -0.3 is 10.1 Å². The minimum absolute atomic E-state index is 0.0914. The van der Waals surface area contributed by atoms with Gasteiger partial charge in [-0.2, -0.15) is 0 Å². The van der Waals surface area contributed by atoms with E-state index in [-0.39, 0.29) is 17.6 Å². The van der Waals surface area contributed by atoms with Crippen LogP contribution in [0.25, 0.3) is 0 Å². The van der Waals surface area contributed by atoms with E-state index in [1.54, 1.807) is 0 Å². The summed E-state index contributed by atoms with van der Waals surface area (Å²) in [6.45, 7) is 4.07. The van der Waals surface area contributed by atoms with Crippen molar-refractivity contribution in [3.05, 3.63) is 58.6 Å². The van der Waals surface area contributed by atoms with Crippen molar-refractivity contribution in [2.75, 3.05) is 11.9 Å². The van der Waals surface area contributed by atoms with Crippen LogP contribution in [0.5, 0.6) is 5.75 Å². The number of halogens is 1. The maximum Gasteiger partial charge on any atom is 0.264 e. The van der Waals surface area contributed by atoms with Gasteiger partial charge in [-0.25, -0.2) is 0 Å². The minimum Gasteiger partial charge on any atom is -0.483 e. The molecule has 2 aromatic carbocycles. The SMILES string of the molecule is CC(C)c1ccccc1OCC(=O)NC(=S)Nc1ccc(Br)cc1. The molecule has 24 heavy (non-hydrogen) atoms. The number of thiocarbonyl (C=S) groups is 1. The molecule has 4 nitrogen and oxygen atoms in total.